The van der Waals surface area contributed by atoms with Crippen LogP contribution in [0.1, 0.15) is 38.5 Å². The van der Waals surface area contributed by atoms with Gasteiger partial charge in [-0.2, -0.15) is 0 Å². The number of fused-ring (bicyclic) bond motifs is 2. The highest BCUT2D eigenvalue weighted by Crippen LogP contribution is 2.39. The lowest BCUT2D eigenvalue weighted by Gasteiger charge is -2.39. The zero-order valence-electron chi connectivity index (χ0n) is 10.8. The van der Waals surface area contributed by atoms with Gasteiger partial charge >= 0.3 is 0 Å². The monoisotopic (exact) mass is 222 g/mol. The Kier molecular flexibility index (Phi) is 4.04. The standard InChI is InChI=1S/C14H26N2/c1-4-5-6-14(15-2)11-9-12-7-8-13(10-11)16(12)3/h4,11-15H,1,5-10H2,2-3H3. The molecule has 2 nitrogen and oxygen atoms in total. The molecule has 0 aromatic heterocycles. The molecule has 3 atom stereocenters. The molecule has 0 aliphatic carbocycles. The fourth-order valence-electron chi connectivity index (χ4n) is 3.70. The molecule has 0 spiro atoms. The second-order valence-electron chi connectivity index (χ2n) is 5.54. The van der Waals surface area contributed by atoms with E-state index >= 15 is 0 Å². The average molecular weight is 222 g/mol. The van der Waals surface area contributed by atoms with E-state index < -0.39 is 0 Å². The smallest absolute Gasteiger partial charge is 0.00989 e. The normalized spacial score (nSPS) is 36.2. The molecule has 92 valence electrons. The molecule has 2 fully saturated rings. The summed E-state index contributed by atoms with van der Waals surface area (Å²) < 4.78 is 0. The first-order chi connectivity index (χ1) is 7.76. The molecule has 3 unspecified atom stereocenters. The molecule has 16 heavy (non-hydrogen) atoms. The van der Waals surface area contributed by atoms with Crippen LogP contribution in [0.3, 0.4) is 0 Å². The Morgan fingerprint density at radius 3 is 2.50 bits per heavy atom. The number of nitrogens with one attached hydrogen (secondary N) is 1. The van der Waals surface area contributed by atoms with Gasteiger partial charge in [-0.05, 0) is 58.5 Å². The Bertz CT molecular complexity index is 225. The van der Waals surface area contributed by atoms with E-state index in [1.54, 1.807) is 0 Å². The van der Waals surface area contributed by atoms with Crippen molar-refractivity contribution in [2.24, 2.45) is 5.92 Å². The van der Waals surface area contributed by atoms with E-state index in [0.717, 1.165) is 24.4 Å². The van der Waals surface area contributed by atoms with Crippen molar-refractivity contribution < 1.29 is 0 Å². The molecule has 2 aliphatic rings. The molecule has 2 heteroatoms. The van der Waals surface area contributed by atoms with Gasteiger partial charge in [0.2, 0.25) is 0 Å². The van der Waals surface area contributed by atoms with Gasteiger partial charge in [0.05, 0.1) is 0 Å². The number of piperidine rings is 1. The molecule has 2 aliphatic heterocycles. The van der Waals surface area contributed by atoms with E-state index in [1.165, 1.54) is 32.1 Å². The molecule has 2 bridgehead atoms. The van der Waals surface area contributed by atoms with Gasteiger partial charge in [-0.1, -0.05) is 6.08 Å². The molecule has 0 saturated carbocycles. The summed E-state index contributed by atoms with van der Waals surface area (Å²) in [5, 5.41) is 3.52. The van der Waals surface area contributed by atoms with Crippen LogP contribution >= 0.6 is 0 Å². The van der Waals surface area contributed by atoms with E-state index in [0.29, 0.717) is 6.04 Å². The van der Waals surface area contributed by atoms with Crippen LogP contribution in [0.25, 0.3) is 0 Å². The Morgan fingerprint density at radius 2 is 2.00 bits per heavy atom. The van der Waals surface area contributed by atoms with E-state index in [1.807, 2.05) is 6.08 Å². The lowest BCUT2D eigenvalue weighted by atomic mass is 9.83. The fourth-order valence-corrected chi connectivity index (χ4v) is 3.70. The van der Waals surface area contributed by atoms with Crippen LogP contribution in [0.4, 0.5) is 0 Å². The summed E-state index contributed by atoms with van der Waals surface area (Å²) in [5.74, 6) is 0.888. The summed E-state index contributed by atoms with van der Waals surface area (Å²) in [5.41, 5.74) is 0. The number of hydrogen-bond acceptors (Lipinski definition) is 2. The second kappa shape index (κ2) is 5.33. The maximum atomic E-state index is 3.83. The highest BCUT2D eigenvalue weighted by molar-refractivity contribution is 4.96. The SMILES string of the molecule is C=CCCC(NC)C1CC2CCC(C1)N2C. The molecular weight excluding hydrogens is 196 g/mol. The van der Waals surface area contributed by atoms with Gasteiger partial charge in [-0.3, -0.25) is 0 Å². The van der Waals surface area contributed by atoms with Crippen molar-refractivity contribution in [1.29, 1.82) is 0 Å². The summed E-state index contributed by atoms with van der Waals surface area (Å²) in [4.78, 5) is 2.62. The van der Waals surface area contributed by atoms with Crippen LogP contribution in [0, 0.1) is 5.92 Å². The van der Waals surface area contributed by atoms with Crippen molar-refractivity contribution in [3.05, 3.63) is 12.7 Å². The minimum Gasteiger partial charge on any atom is -0.317 e. The molecule has 2 rings (SSSR count). The van der Waals surface area contributed by atoms with Gasteiger partial charge in [0.25, 0.3) is 0 Å². The van der Waals surface area contributed by atoms with Gasteiger partial charge in [-0.15, -0.1) is 6.58 Å². The molecule has 0 aromatic rings. The Morgan fingerprint density at radius 1 is 1.38 bits per heavy atom. The topological polar surface area (TPSA) is 15.3 Å². The van der Waals surface area contributed by atoms with Crippen molar-refractivity contribution >= 4 is 0 Å². The first kappa shape index (κ1) is 12.1. The molecule has 1 N–H and O–H groups in total. The lowest BCUT2D eigenvalue weighted by molar-refractivity contribution is 0.112. The Labute approximate surface area is 100 Å². The van der Waals surface area contributed by atoms with Crippen molar-refractivity contribution in [2.45, 2.75) is 56.7 Å². The zero-order valence-corrected chi connectivity index (χ0v) is 10.8. The van der Waals surface area contributed by atoms with E-state index in [2.05, 4.69) is 30.9 Å². The summed E-state index contributed by atoms with van der Waals surface area (Å²) in [6.07, 6.45) is 10.1. The van der Waals surface area contributed by atoms with Gasteiger partial charge in [-0.25, -0.2) is 0 Å². The molecule has 2 heterocycles. The number of allylic oxidation sites excluding steroid dienone is 1. The maximum absolute atomic E-state index is 3.83. The third-order valence-electron chi connectivity index (χ3n) is 4.76. The van der Waals surface area contributed by atoms with E-state index in [9.17, 15) is 0 Å². The highest BCUT2D eigenvalue weighted by Gasteiger charge is 2.40. The first-order valence-electron chi connectivity index (χ1n) is 6.76. The van der Waals surface area contributed by atoms with Gasteiger partial charge in [0.1, 0.15) is 0 Å². The van der Waals surface area contributed by atoms with Crippen molar-refractivity contribution in [1.82, 2.24) is 10.2 Å². The highest BCUT2D eigenvalue weighted by atomic mass is 15.2. The van der Waals surface area contributed by atoms with Gasteiger partial charge < -0.3 is 10.2 Å². The van der Waals surface area contributed by atoms with Crippen LogP contribution in [0.5, 0.6) is 0 Å². The van der Waals surface area contributed by atoms with Gasteiger partial charge in [0.15, 0.2) is 0 Å². The molecule has 0 amide bonds. The minimum atomic E-state index is 0.704. The van der Waals surface area contributed by atoms with Crippen molar-refractivity contribution in [2.75, 3.05) is 14.1 Å². The van der Waals surface area contributed by atoms with Crippen molar-refractivity contribution in [3.8, 4) is 0 Å². The van der Waals surface area contributed by atoms with Gasteiger partial charge in [0, 0.05) is 18.1 Å². The predicted molar refractivity (Wildman–Crippen MR) is 69.6 cm³/mol. The molecule has 2 saturated heterocycles. The summed E-state index contributed by atoms with van der Waals surface area (Å²) in [6, 6.07) is 2.43. The third kappa shape index (κ3) is 2.33. The second-order valence-corrected chi connectivity index (χ2v) is 5.54. The van der Waals surface area contributed by atoms with Crippen LogP contribution in [0.15, 0.2) is 12.7 Å². The Balaban J connectivity index is 1.92. The zero-order chi connectivity index (χ0) is 11.5. The number of nitrogens with zero attached hydrogens (tertiary/aromatic N) is 1. The number of rotatable bonds is 5. The minimum absolute atomic E-state index is 0.704. The lowest BCUT2D eigenvalue weighted by Crippen LogP contribution is -2.46. The van der Waals surface area contributed by atoms with Crippen molar-refractivity contribution in [3.63, 3.8) is 0 Å². The van der Waals surface area contributed by atoms with Crippen LogP contribution in [-0.2, 0) is 0 Å². The fraction of sp³-hybridized carbons (Fsp3) is 0.857. The van der Waals surface area contributed by atoms with E-state index in [-0.39, 0.29) is 0 Å². The molecule has 0 radical (unpaired) electrons. The van der Waals surface area contributed by atoms with E-state index in [4.69, 9.17) is 0 Å². The van der Waals surface area contributed by atoms with Crippen LogP contribution < -0.4 is 5.32 Å². The third-order valence-corrected chi connectivity index (χ3v) is 4.76. The summed E-state index contributed by atoms with van der Waals surface area (Å²) >= 11 is 0. The molecule has 0 aromatic carbocycles. The first-order valence-corrected chi connectivity index (χ1v) is 6.76. The predicted octanol–water partition coefficient (Wildman–Crippen LogP) is 2.41. The summed E-state index contributed by atoms with van der Waals surface area (Å²) in [7, 11) is 4.44. The number of hydrogen-bond donors (Lipinski definition) is 1. The average Bonchev–Trinajstić information content (AvgIpc) is 2.54. The van der Waals surface area contributed by atoms with Crippen LogP contribution in [-0.4, -0.2) is 37.1 Å². The maximum Gasteiger partial charge on any atom is 0.00989 e. The largest absolute Gasteiger partial charge is 0.317 e. The Hall–Kier alpha value is -0.340. The summed E-state index contributed by atoms with van der Waals surface area (Å²) in [6.45, 7) is 3.83. The molecular formula is C14H26N2. The quantitative estimate of drug-likeness (QED) is 0.719. The van der Waals surface area contributed by atoms with Crippen LogP contribution in [0.2, 0.25) is 0 Å².